The molecule has 7 heteroatoms. The molecule has 0 atom stereocenters. The van der Waals surface area contributed by atoms with Gasteiger partial charge in [0.25, 0.3) is 0 Å². The van der Waals surface area contributed by atoms with E-state index in [9.17, 15) is 13.6 Å². The van der Waals surface area contributed by atoms with E-state index in [1.165, 1.54) is 12.4 Å². The van der Waals surface area contributed by atoms with E-state index in [1.54, 1.807) is 12.1 Å². The number of carbonyl (C=O) groups excluding carboxylic acids is 1. The summed E-state index contributed by atoms with van der Waals surface area (Å²) in [4.78, 5) is 19.4. The molecule has 0 unspecified atom stereocenters. The van der Waals surface area contributed by atoms with E-state index < -0.39 is 23.0 Å². The fourth-order valence-corrected chi connectivity index (χ4v) is 2.29. The first-order valence-electron chi connectivity index (χ1n) is 6.82. The molecule has 0 aliphatic carbocycles. The van der Waals surface area contributed by atoms with E-state index in [0.29, 0.717) is 11.0 Å². The first-order chi connectivity index (χ1) is 11.1. The number of rotatable bonds is 5. The Balaban J connectivity index is 2.08. The third-order valence-corrected chi connectivity index (χ3v) is 3.33. The molecule has 0 aliphatic rings. The summed E-state index contributed by atoms with van der Waals surface area (Å²) in [5, 5.41) is 9.19. The van der Waals surface area contributed by atoms with Gasteiger partial charge in [-0.25, -0.2) is 13.8 Å². The lowest BCUT2D eigenvalue weighted by Crippen LogP contribution is -2.10. The van der Waals surface area contributed by atoms with Gasteiger partial charge in [-0.15, -0.1) is 0 Å². The molecule has 3 rings (SSSR count). The molecule has 1 aromatic carbocycles. The van der Waals surface area contributed by atoms with Crippen molar-refractivity contribution in [3.8, 4) is 5.75 Å². The average Bonchev–Trinajstić information content (AvgIpc) is 2.98. The van der Waals surface area contributed by atoms with Gasteiger partial charge in [-0.05, 0) is 24.3 Å². The van der Waals surface area contributed by atoms with Gasteiger partial charge in [0.1, 0.15) is 18.1 Å². The quantitative estimate of drug-likeness (QED) is 0.709. The second kappa shape index (κ2) is 6.13. The Bertz CT molecular complexity index is 877. The van der Waals surface area contributed by atoms with Crippen LogP contribution in [0.5, 0.6) is 5.75 Å². The topological polar surface area (TPSA) is 75.2 Å². The van der Waals surface area contributed by atoms with E-state index in [2.05, 4.69) is 9.97 Å². The summed E-state index contributed by atoms with van der Waals surface area (Å²) in [6, 6.07) is 5.29. The minimum absolute atomic E-state index is 0.116. The number of hydrogen-bond acceptors (Lipinski definition) is 4. The molecule has 0 radical (unpaired) electrons. The number of nitrogens with zero attached hydrogens (tertiary/aromatic N) is 1. The van der Waals surface area contributed by atoms with Crippen molar-refractivity contribution < 1.29 is 23.4 Å². The number of benzene rings is 1. The fourth-order valence-electron chi connectivity index (χ4n) is 2.29. The monoisotopic (exact) mass is 318 g/mol. The summed E-state index contributed by atoms with van der Waals surface area (Å²) in [6.45, 7) is -0.485. The molecular weight excluding hydrogens is 306 g/mol. The van der Waals surface area contributed by atoms with Gasteiger partial charge in [-0.3, -0.25) is 4.79 Å². The zero-order valence-corrected chi connectivity index (χ0v) is 11.8. The van der Waals surface area contributed by atoms with E-state index in [0.717, 1.165) is 12.1 Å². The number of ether oxygens (including phenoxy) is 1. The third-order valence-electron chi connectivity index (χ3n) is 3.33. The molecule has 3 aromatic rings. The first kappa shape index (κ1) is 15.1. The smallest absolute Gasteiger partial charge is 0.201 e. The highest BCUT2D eigenvalue weighted by Crippen LogP contribution is 2.27. The molecule has 2 aromatic heterocycles. The minimum atomic E-state index is -1.10. The highest BCUT2D eigenvalue weighted by atomic mass is 19.1. The van der Waals surface area contributed by atoms with Crippen molar-refractivity contribution >= 4 is 16.8 Å². The van der Waals surface area contributed by atoms with Gasteiger partial charge in [0, 0.05) is 23.3 Å². The Labute approximate surface area is 129 Å². The van der Waals surface area contributed by atoms with Crippen LogP contribution in [0.1, 0.15) is 15.9 Å². The van der Waals surface area contributed by atoms with Crippen LogP contribution in [0.4, 0.5) is 8.78 Å². The number of aliphatic hydroxyl groups is 1. The maximum absolute atomic E-state index is 14.4. The van der Waals surface area contributed by atoms with Gasteiger partial charge in [0.15, 0.2) is 11.6 Å². The second-order valence-electron chi connectivity index (χ2n) is 4.74. The number of aromatic nitrogens is 2. The van der Waals surface area contributed by atoms with Crippen LogP contribution in [0.2, 0.25) is 0 Å². The molecule has 0 saturated carbocycles. The summed E-state index contributed by atoms with van der Waals surface area (Å²) in [5.41, 5.74) is -0.139. The van der Waals surface area contributed by atoms with Crippen LogP contribution in [0.15, 0.2) is 36.7 Å². The largest absolute Gasteiger partial charge is 0.488 e. The molecule has 0 amide bonds. The normalized spacial score (nSPS) is 10.9. The number of pyridine rings is 1. The Kier molecular flexibility index (Phi) is 4.03. The van der Waals surface area contributed by atoms with Gasteiger partial charge in [-0.1, -0.05) is 0 Å². The minimum Gasteiger partial charge on any atom is -0.488 e. The van der Waals surface area contributed by atoms with Crippen LogP contribution in [0.3, 0.4) is 0 Å². The number of carbonyl (C=O) groups is 1. The molecule has 118 valence electrons. The number of aliphatic hydroxyl groups excluding tert-OH is 1. The predicted octanol–water partition coefficient (Wildman–Crippen LogP) is 2.44. The van der Waals surface area contributed by atoms with Gasteiger partial charge in [-0.2, -0.15) is 0 Å². The number of aromatic amines is 1. The van der Waals surface area contributed by atoms with Gasteiger partial charge < -0.3 is 14.8 Å². The Morgan fingerprint density at radius 3 is 2.91 bits per heavy atom. The Morgan fingerprint density at radius 2 is 2.13 bits per heavy atom. The van der Waals surface area contributed by atoms with Gasteiger partial charge in [0.2, 0.25) is 5.78 Å². The number of hydrogen-bond donors (Lipinski definition) is 2. The van der Waals surface area contributed by atoms with Crippen LogP contribution in [0, 0.1) is 11.6 Å². The van der Waals surface area contributed by atoms with Crippen molar-refractivity contribution in [2.45, 2.75) is 0 Å². The molecule has 23 heavy (non-hydrogen) atoms. The van der Waals surface area contributed by atoms with Gasteiger partial charge in [0.05, 0.1) is 12.2 Å². The fraction of sp³-hybridized carbons (Fsp3) is 0.125. The van der Waals surface area contributed by atoms with Crippen molar-refractivity contribution in [2.75, 3.05) is 13.2 Å². The SMILES string of the molecule is O=C(c1c(F)ccc(OCCO)c1F)c1c[nH]c2ncccc12. The van der Waals surface area contributed by atoms with Crippen molar-refractivity contribution in [2.24, 2.45) is 0 Å². The van der Waals surface area contributed by atoms with Crippen molar-refractivity contribution in [3.63, 3.8) is 0 Å². The van der Waals surface area contributed by atoms with Crippen LogP contribution in [-0.2, 0) is 0 Å². The average molecular weight is 318 g/mol. The molecule has 2 heterocycles. The van der Waals surface area contributed by atoms with Crippen molar-refractivity contribution in [3.05, 3.63) is 59.4 Å². The molecular formula is C16H12F2N2O3. The molecule has 0 fully saturated rings. The Morgan fingerprint density at radius 1 is 1.30 bits per heavy atom. The molecule has 0 aliphatic heterocycles. The van der Waals surface area contributed by atoms with Crippen LogP contribution in [-0.4, -0.2) is 34.1 Å². The lowest BCUT2D eigenvalue weighted by Gasteiger charge is -2.09. The van der Waals surface area contributed by atoms with E-state index in [1.807, 2.05) is 0 Å². The lowest BCUT2D eigenvalue weighted by molar-refractivity contribution is 0.103. The van der Waals surface area contributed by atoms with Crippen LogP contribution < -0.4 is 4.74 Å². The van der Waals surface area contributed by atoms with E-state index >= 15 is 0 Å². The predicted molar refractivity (Wildman–Crippen MR) is 78.5 cm³/mol. The molecule has 0 saturated heterocycles. The third kappa shape index (κ3) is 2.66. The summed E-state index contributed by atoms with van der Waals surface area (Å²) in [7, 11) is 0. The number of H-pyrrole nitrogens is 1. The molecule has 2 N–H and O–H groups in total. The molecule has 0 bridgehead atoms. The van der Waals surface area contributed by atoms with Crippen LogP contribution >= 0.6 is 0 Å². The lowest BCUT2D eigenvalue weighted by atomic mass is 10.0. The number of nitrogens with one attached hydrogen (secondary N) is 1. The van der Waals surface area contributed by atoms with E-state index in [-0.39, 0.29) is 24.5 Å². The number of fused-ring (bicyclic) bond motifs is 1. The molecule has 0 spiro atoms. The molecule has 5 nitrogen and oxygen atoms in total. The standard InChI is InChI=1S/C16H12F2N2O3/c17-11-3-4-12(23-7-6-21)14(18)13(11)15(22)10-8-20-16-9(10)2-1-5-19-16/h1-5,8,21H,6-7H2,(H,19,20). The van der Waals surface area contributed by atoms with Crippen molar-refractivity contribution in [1.82, 2.24) is 9.97 Å². The second-order valence-corrected chi connectivity index (χ2v) is 4.74. The zero-order valence-electron chi connectivity index (χ0n) is 11.8. The highest BCUT2D eigenvalue weighted by Gasteiger charge is 2.24. The van der Waals surface area contributed by atoms with Crippen molar-refractivity contribution in [1.29, 1.82) is 0 Å². The maximum Gasteiger partial charge on any atom is 0.201 e. The summed E-state index contributed by atoms with van der Waals surface area (Å²) >= 11 is 0. The van der Waals surface area contributed by atoms with E-state index in [4.69, 9.17) is 9.84 Å². The first-order valence-corrected chi connectivity index (χ1v) is 6.82. The summed E-state index contributed by atoms with van der Waals surface area (Å²) in [6.07, 6.45) is 2.90. The highest BCUT2D eigenvalue weighted by molar-refractivity contribution is 6.16. The van der Waals surface area contributed by atoms with Crippen LogP contribution in [0.25, 0.3) is 11.0 Å². The maximum atomic E-state index is 14.4. The summed E-state index contributed by atoms with van der Waals surface area (Å²) in [5.74, 6) is -3.18. The van der Waals surface area contributed by atoms with Gasteiger partial charge >= 0.3 is 0 Å². The number of halogens is 2. The zero-order chi connectivity index (χ0) is 16.4. The Hall–Kier alpha value is -2.80. The number of ketones is 1. The summed E-state index contributed by atoms with van der Waals surface area (Å²) < 4.78 is 33.4.